The molecule has 3 N–H and O–H groups in total. The molecule has 4 nitrogen and oxygen atoms in total. The van der Waals surface area contributed by atoms with E-state index in [-0.39, 0.29) is 11.7 Å². The molecule has 1 aromatic heterocycles. The van der Waals surface area contributed by atoms with Gasteiger partial charge in [-0.3, -0.25) is 4.79 Å². The Labute approximate surface area is 154 Å². The van der Waals surface area contributed by atoms with Crippen molar-refractivity contribution in [2.75, 3.05) is 12.3 Å². The number of fused-ring (bicyclic) bond motifs is 1. The Bertz CT molecular complexity index is 1040. The first-order valence-electron chi connectivity index (χ1n) is 8.15. The second-order valence-corrected chi connectivity index (χ2v) is 6.60. The molecule has 0 radical (unpaired) electrons. The van der Waals surface area contributed by atoms with E-state index in [0.717, 1.165) is 17.5 Å². The highest BCUT2D eigenvalue weighted by Gasteiger charge is 2.18. The van der Waals surface area contributed by atoms with Gasteiger partial charge in [-0.25, -0.2) is 9.37 Å². The van der Waals surface area contributed by atoms with Crippen LogP contribution in [-0.4, -0.2) is 17.4 Å². The van der Waals surface area contributed by atoms with Crippen molar-refractivity contribution in [1.82, 2.24) is 10.3 Å². The summed E-state index contributed by atoms with van der Waals surface area (Å²) in [4.78, 5) is 16.1. The number of hydrogen-bond donors (Lipinski definition) is 2. The fourth-order valence-corrected chi connectivity index (χ4v) is 3.34. The highest BCUT2D eigenvalue weighted by atomic mass is 35.5. The maximum atomic E-state index is 14.2. The lowest BCUT2D eigenvalue weighted by molar-refractivity contribution is 0.0946. The normalized spacial score (nSPS) is 13.2. The van der Waals surface area contributed by atoms with Crippen LogP contribution in [-0.2, 0) is 6.42 Å². The van der Waals surface area contributed by atoms with E-state index in [0.29, 0.717) is 39.6 Å². The second-order valence-electron chi connectivity index (χ2n) is 6.16. The van der Waals surface area contributed by atoms with Crippen LogP contribution in [0, 0.1) is 5.82 Å². The minimum Gasteiger partial charge on any atom is -0.383 e. The van der Waals surface area contributed by atoms with Crippen molar-refractivity contribution >= 4 is 23.3 Å². The van der Waals surface area contributed by atoms with Crippen molar-refractivity contribution in [2.45, 2.75) is 6.42 Å². The molecule has 0 saturated heterocycles. The highest BCUT2D eigenvalue weighted by molar-refractivity contribution is 6.30. The summed E-state index contributed by atoms with van der Waals surface area (Å²) in [6, 6.07) is 11.7. The zero-order valence-corrected chi connectivity index (χ0v) is 14.5. The van der Waals surface area contributed by atoms with E-state index < -0.39 is 0 Å². The van der Waals surface area contributed by atoms with Crippen LogP contribution in [0.3, 0.4) is 0 Å². The molecule has 26 heavy (non-hydrogen) atoms. The van der Waals surface area contributed by atoms with Gasteiger partial charge in [-0.2, -0.15) is 0 Å². The minimum atomic E-state index is -0.381. The molecule has 0 fully saturated rings. The fourth-order valence-electron chi connectivity index (χ4n) is 3.17. The summed E-state index contributed by atoms with van der Waals surface area (Å²) in [6.45, 7) is 0.608. The van der Waals surface area contributed by atoms with Crippen molar-refractivity contribution < 1.29 is 9.18 Å². The third-order valence-corrected chi connectivity index (χ3v) is 4.73. The molecular formula is C20H15ClFN3O. The summed E-state index contributed by atoms with van der Waals surface area (Å²) in [5, 5.41) is 3.26. The average Bonchev–Trinajstić information content (AvgIpc) is 2.64. The first-order chi connectivity index (χ1) is 12.5. The molecular weight excluding hydrogens is 353 g/mol. The van der Waals surface area contributed by atoms with Crippen molar-refractivity contribution in [3.05, 3.63) is 70.6 Å². The van der Waals surface area contributed by atoms with Crippen molar-refractivity contribution in [2.24, 2.45) is 0 Å². The third-order valence-electron chi connectivity index (χ3n) is 4.50. The van der Waals surface area contributed by atoms with Gasteiger partial charge in [0.25, 0.3) is 5.91 Å². The van der Waals surface area contributed by atoms with Gasteiger partial charge in [0.1, 0.15) is 11.6 Å². The molecule has 2 heterocycles. The number of nitrogens with one attached hydrogen (secondary N) is 1. The molecule has 1 amide bonds. The number of carbonyl (C=O) groups is 1. The minimum absolute atomic E-state index is 0.0707. The zero-order chi connectivity index (χ0) is 18.3. The Hall–Kier alpha value is -2.92. The number of nitrogen functional groups attached to an aromatic ring is 1. The Kier molecular flexibility index (Phi) is 4.09. The number of carbonyl (C=O) groups excluding carboxylic acids is 1. The lowest BCUT2D eigenvalue weighted by Gasteiger charge is -2.18. The van der Waals surface area contributed by atoms with Gasteiger partial charge in [0.05, 0.1) is 0 Å². The lowest BCUT2D eigenvalue weighted by Crippen LogP contribution is -2.31. The van der Waals surface area contributed by atoms with Crippen LogP contribution in [0.4, 0.5) is 10.2 Å². The number of aromatic nitrogens is 1. The number of rotatable bonds is 2. The number of hydrogen-bond acceptors (Lipinski definition) is 3. The van der Waals surface area contributed by atoms with E-state index in [4.69, 9.17) is 17.3 Å². The molecule has 0 bridgehead atoms. The maximum absolute atomic E-state index is 14.2. The number of halogens is 2. The van der Waals surface area contributed by atoms with Gasteiger partial charge in [-0.15, -0.1) is 0 Å². The van der Waals surface area contributed by atoms with Crippen molar-refractivity contribution in [3.63, 3.8) is 0 Å². The second kappa shape index (κ2) is 6.42. The quantitative estimate of drug-likeness (QED) is 0.717. The van der Waals surface area contributed by atoms with Crippen LogP contribution in [0.15, 0.2) is 48.7 Å². The Morgan fingerprint density at radius 1 is 1.04 bits per heavy atom. The topological polar surface area (TPSA) is 68.0 Å². The molecule has 130 valence electrons. The summed E-state index contributed by atoms with van der Waals surface area (Å²) in [5.74, 6) is -0.107. The van der Waals surface area contributed by atoms with Crippen LogP contribution in [0.2, 0.25) is 5.02 Å². The SMILES string of the molecule is Nc1ncc(-c2cc(Cl)ccc2F)cc1-c1ccc2c(c1)CCNC2=O. The van der Waals surface area contributed by atoms with E-state index in [1.807, 2.05) is 12.1 Å². The van der Waals surface area contributed by atoms with Gasteiger partial charge < -0.3 is 11.1 Å². The summed E-state index contributed by atoms with van der Waals surface area (Å²) >= 11 is 6.00. The summed E-state index contributed by atoms with van der Waals surface area (Å²) in [5.41, 5.74) is 10.2. The van der Waals surface area contributed by atoms with Gasteiger partial charge in [-0.05, 0) is 47.9 Å². The predicted molar refractivity (Wildman–Crippen MR) is 101 cm³/mol. The summed E-state index contributed by atoms with van der Waals surface area (Å²) in [6.07, 6.45) is 2.28. The maximum Gasteiger partial charge on any atom is 0.251 e. The predicted octanol–water partition coefficient (Wildman–Crippen LogP) is 4.08. The first kappa shape index (κ1) is 16.5. The van der Waals surface area contributed by atoms with Gasteiger partial charge in [0, 0.05) is 40.0 Å². The van der Waals surface area contributed by atoms with Crippen LogP contribution in [0.1, 0.15) is 15.9 Å². The standard InChI is InChI=1S/C20H15ClFN3O/c21-14-2-4-18(22)16(9-14)13-8-17(19(23)25-10-13)11-1-3-15-12(7-11)5-6-24-20(15)26/h1-4,7-10H,5-6H2,(H2,23,25)(H,24,26). The first-order valence-corrected chi connectivity index (χ1v) is 8.53. The summed E-state index contributed by atoms with van der Waals surface area (Å²) in [7, 11) is 0. The monoisotopic (exact) mass is 367 g/mol. The smallest absolute Gasteiger partial charge is 0.251 e. The Morgan fingerprint density at radius 2 is 1.88 bits per heavy atom. The highest BCUT2D eigenvalue weighted by Crippen LogP contribution is 2.33. The molecule has 2 aromatic carbocycles. The molecule has 6 heteroatoms. The number of nitrogens with two attached hydrogens (primary N) is 1. The average molecular weight is 368 g/mol. The van der Waals surface area contributed by atoms with Gasteiger partial charge in [0.15, 0.2) is 0 Å². The number of pyridine rings is 1. The van der Waals surface area contributed by atoms with E-state index >= 15 is 0 Å². The van der Waals surface area contributed by atoms with Crippen LogP contribution >= 0.6 is 11.6 Å². The molecule has 0 unspecified atom stereocenters. The molecule has 0 spiro atoms. The largest absolute Gasteiger partial charge is 0.383 e. The molecule has 3 aromatic rings. The number of amides is 1. The van der Waals surface area contributed by atoms with Gasteiger partial charge >= 0.3 is 0 Å². The molecule has 0 saturated carbocycles. The molecule has 1 aliphatic heterocycles. The zero-order valence-electron chi connectivity index (χ0n) is 13.7. The molecule has 0 aliphatic carbocycles. The van der Waals surface area contributed by atoms with E-state index in [1.165, 1.54) is 18.3 Å². The van der Waals surface area contributed by atoms with Crippen LogP contribution in [0.5, 0.6) is 0 Å². The lowest BCUT2D eigenvalue weighted by atomic mass is 9.94. The Balaban J connectivity index is 1.83. The van der Waals surface area contributed by atoms with Gasteiger partial charge in [0.2, 0.25) is 0 Å². The Morgan fingerprint density at radius 3 is 2.73 bits per heavy atom. The van der Waals surface area contributed by atoms with Crippen molar-refractivity contribution in [1.29, 1.82) is 0 Å². The third kappa shape index (κ3) is 2.91. The van der Waals surface area contributed by atoms with Crippen LogP contribution < -0.4 is 11.1 Å². The number of anilines is 1. The van der Waals surface area contributed by atoms with E-state index in [9.17, 15) is 9.18 Å². The van der Waals surface area contributed by atoms with Crippen LogP contribution in [0.25, 0.3) is 22.3 Å². The number of benzene rings is 2. The molecule has 4 rings (SSSR count). The van der Waals surface area contributed by atoms with E-state index in [1.54, 1.807) is 18.2 Å². The summed E-state index contributed by atoms with van der Waals surface area (Å²) < 4.78 is 14.2. The van der Waals surface area contributed by atoms with E-state index in [2.05, 4.69) is 10.3 Å². The fraction of sp³-hybridized carbons (Fsp3) is 0.100. The molecule has 0 atom stereocenters. The molecule has 1 aliphatic rings. The number of nitrogens with zero attached hydrogens (tertiary/aromatic N) is 1. The van der Waals surface area contributed by atoms with Crippen molar-refractivity contribution in [3.8, 4) is 22.3 Å². The van der Waals surface area contributed by atoms with Gasteiger partial charge in [-0.1, -0.05) is 23.7 Å².